The van der Waals surface area contributed by atoms with Crippen LogP contribution >= 0.6 is 0 Å². The monoisotopic (exact) mass is 409 g/mol. The fourth-order valence-corrected chi connectivity index (χ4v) is 4.22. The van der Waals surface area contributed by atoms with Gasteiger partial charge in [-0.2, -0.15) is 0 Å². The summed E-state index contributed by atoms with van der Waals surface area (Å²) in [5, 5.41) is 9.97. The average Bonchev–Trinajstić information content (AvgIpc) is 3.16. The number of ether oxygens (including phenoxy) is 1. The van der Waals surface area contributed by atoms with E-state index in [0.29, 0.717) is 6.04 Å². The first kappa shape index (κ1) is 23.8. The van der Waals surface area contributed by atoms with Gasteiger partial charge in [-0.1, -0.05) is 12.8 Å². The van der Waals surface area contributed by atoms with Crippen molar-refractivity contribution < 1.29 is 9.53 Å². The molecule has 1 amide bonds. The van der Waals surface area contributed by atoms with Gasteiger partial charge in [0, 0.05) is 31.2 Å². The van der Waals surface area contributed by atoms with Gasteiger partial charge in [0.05, 0.1) is 6.54 Å². The van der Waals surface area contributed by atoms with Crippen LogP contribution in [0.4, 0.5) is 4.79 Å². The quantitative estimate of drug-likeness (QED) is 0.444. The molecular formula is C22H43N5O2. The normalized spacial score (nSPS) is 23.9. The molecule has 7 heteroatoms. The SMILES string of the molecule is CCNC(=NCCN(C)C1CCCC1)NC1CCC(NC(=O)OC(C)(C)C)CC1. The predicted octanol–water partition coefficient (Wildman–Crippen LogP) is 3.25. The summed E-state index contributed by atoms with van der Waals surface area (Å²) < 4.78 is 5.37. The molecule has 0 heterocycles. The van der Waals surface area contributed by atoms with Crippen molar-refractivity contribution in [1.82, 2.24) is 20.9 Å². The first-order valence-electron chi connectivity index (χ1n) is 11.5. The molecule has 29 heavy (non-hydrogen) atoms. The van der Waals surface area contributed by atoms with Crippen LogP contribution in [0.3, 0.4) is 0 Å². The van der Waals surface area contributed by atoms with Gasteiger partial charge >= 0.3 is 6.09 Å². The highest BCUT2D eigenvalue weighted by molar-refractivity contribution is 5.80. The molecule has 0 atom stereocenters. The predicted molar refractivity (Wildman–Crippen MR) is 119 cm³/mol. The van der Waals surface area contributed by atoms with Gasteiger partial charge in [0.25, 0.3) is 0 Å². The molecule has 168 valence electrons. The van der Waals surface area contributed by atoms with Crippen LogP contribution in [-0.4, -0.2) is 67.4 Å². The lowest BCUT2D eigenvalue weighted by Crippen LogP contribution is -2.48. The molecule has 7 nitrogen and oxygen atoms in total. The minimum absolute atomic E-state index is 0.197. The Labute approximate surface area is 177 Å². The summed E-state index contributed by atoms with van der Waals surface area (Å²) in [6, 6.07) is 1.34. The number of guanidine groups is 1. The molecule has 0 bridgehead atoms. The van der Waals surface area contributed by atoms with Gasteiger partial charge in [-0.15, -0.1) is 0 Å². The third-order valence-corrected chi connectivity index (χ3v) is 5.80. The molecule has 0 saturated heterocycles. The number of rotatable bonds is 7. The Morgan fingerprint density at radius 3 is 2.17 bits per heavy atom. The lowest BCUT2D eigenvalue weighted by molar-refractivity contribution is 0.0490. The molecule has 0 aromatic carbocycles. The second-order valence-electron chi connectivity index (χ2n) is 9.52. The molecule has 0 aromatic heterocycles. The number of carbonyl (C=O) groups excluding carboxylic acids is 1. The van der Waals surface area contributed by atoms with Crippen molar-refractivity contribution in [2.45, 2.75) is 103 Å². The Balaban J connectivity index is 1.71. The molecular weight excluding hydrogens is 366 g/mol. The van der Waals surface area contributed by atoms with E-state index in [2.05, 4.69) is 34.8 Å². The maximum absolute atomic E-state index is 12.0. The van der Waals surface area contributed by atoms with Gasteiger partial charge in [0.2, 0.25) is 0 Å². The summed E-state index contributed by atoms with van der Waals surface area (Å²) in [6.45, 7) is 10.5. The maximum atomic E-state index is 12.0. The Morgan fingerprint density at radius 1 is 1.03 bits per heavy atom. The van der Waals surface area contributed by atoms with E-state index in [1.807, 2.05) is 20.8 Å². The van der Waals surface area contributed by atoms with Crippen LogP contribution in [0.2, 0.25) is 0 Å². The van der Waals surface area contributed by atoms with E-state index in [1.165, 1.54) is 25.7 Å². The number of hydrogen-bond donors (Lipinski definition) is 3. The number of hydrogen-bond acceptors (Lipinski definition) is 4. The van der Waals surface area contributed by atoms with Gasteiger partial charge < -0.3 is 25.6 Å². The van der Waals surface area contributed by atoms with E-state index in [4.69, 9.17) is 9.73 Å². The van der Waals surface area contributed by atoms with Crippen molar-refractivity contribution in [2.75, 3.05) is 26.7 Å². The number of aliphatic imine (C=N–C) groups is 1. The fraction of sp³-hybridized carbons (Fsp3) is 0.909. The minimum Gasteiger partial charge on any atom is -0.444 e. The van der Waals surface area contributed by atoms with Gasteiger partial charge in [-0.05, 0) is 73.3 Å². The highest BCUT2D eigenvalue weighted by Gasteiger charge is 2.25. The smallest absolute Gasteiger partial charge is 0.407 e. The number of carbonyl (C=O) groups is 1. The van der Waals surface area contributed by atoms with Crippen molar-refractivity contribution in [1.29, 1.82) is 0 Å². The Morgan fingerprint density at radius 2 is 1.62 bits per heavy atom. The Bertz CT molecular complexity index is 518. The van der Waals surface area contributed by atoms with Crippen LogP contribution in [0.25, 0.3) is 0 Å². The standard InChI is InChI=1S/C22H43N5O2/c1-6-23-20(24-15-16-27(5)19-9-7-8-10-19)25-17-11-13-18(14-12-17)26-21(28)29-22(2,3)4/h17-19H,6-16H2,1-5H3,(H,26,28)(H2,23,24,25). The van der Waals surface area contributed by atoms with E-state index >= 15 is 0 Å². The van der Waals surface area contributed by atoms with Gasteiger partial charge in [0.1, 0.15) is 5.60 Å². The second-order valence-corrected chi connectivity index (χ2v) is 9.52. The fourth-order valence-electron chi connectivity index (χ4n) is 4.22. The van der Waals surface area contributed by atoms with Crippen LogP contribution in [0, 0.1) is 0 Å². The van der Waals surface area contributed by atoms with Crippen molar-refractivity contribution in [3.8, 4) is 0 Å². The molecule has 2 rings (SSSR count). The molecule has 0 radical (unpaired) electrons. The summed E-state index contributed by atoms with van der Waals surface area (Å²) in [5.41, 5.74) is -0.453. The lowest BCUT2D eigenvalue weighted by atomic mass is 9.91. The van der Waals surface area contributed by atoms with Crippen LogP contribution in [0.5, 0.6) is 0 Å². The van der Waals surface area contributed by atoms with E-state index in [1.54, 1.807) is 0 Å². The zero-order valence-electron chi connectivity index (χ0n) is 19.2. The molecule has 0 aliphatic heterocycles. The Kier molecular flexibility index (Phi) is 9.53. The van der Waals surface area contributed by atoms with E-state index in [-0.39, 0.29) is 12.1 Å². The average molecular weight is 410 g/mol. The summed E-state index contributed by atoms with van der Waals surface area (Å²) in [6.07, 6.45) is 9.05. The molecule has 3 N–H and O–H groups in total. The summed E-state index contributed by atoms with van der Waals surface area (Å²) in [5.74, 6) is 0.913. The van der Waals surface area contributed by atoms with Crippen LogP contribution in [-0.2, 0) is 4.74 Å². The first-order chi connectivity index (χ1) is 13.8. The highest BCUT2D eigenvalue weighted by Crippen LogP contribution is 2.22. The molecule has 0 spiro atoms. The lowest BCUT2D eigenvalue weighted by Gasteiger charge is -2.31. The van der Waals surface area contributed by atoms with Crippen LogP contribution < -0.4 is 16.0 Å². The number of amides is 1. The largest absolute Gasteiger partial charge is 0.444 e. The molecule has 2 aliphatic carbocycles. The first-order valence-corrected chi connectivity index (χ1v) is 11.5. The third kappa shape index (κ3) is 9.24. The van der Waals surface area contributed by atoms with E-state index in [0.717, 1.165) is 57.3 Å². The summed E-state index contributed by atoms with van der Waals surface area (Å²) >= 11 is 0. The molecule has 2 saturated carbocycles. The number of alkyl carbamates (subject to hydrolysis) is 1. The van der Waals surface area contributed by atoms with Crippen LogP contribution in [0.15, 0.2) is 4.99 Å². The van der Waals surface area contributed by atoms with Gasteiger partial charge in [-0.25, -0.2) is 4.79 Å². The molecule has 2 aliphatic rings. The van der Waals surface area contributed by atoms with Crippen molar-refractivity contribution in [3.63, 3.8) is 0 Å². The summed E-state index contributed by atoms with van der Waals surface area (Å²) in [4.78, 5) is 19.2. The zero-order valence-corrected chi connectivity index (χ0v) is 19.2. The van der Waals surface area contributed by atoms with Gasteiger partial charge in [0.15, 0.2) is 5.96 Å². The topological polar surface area (TPSA) is 78.0 Å². The molecule has 2 fully saturated rings. The highest BCUT2D eigenvalue weighted by atomic mass is 16.6. The Hall–Kier alpha value is -1.50. The van der Waals surface area contributed by atoms with Gasteiger partial charge in [-0.3, -0.25) is 4.99 Å². The second kappa shape index (κ2) is 11.6. The number of nitrogens with one attached hydrogen (secondary N) is 3. The van der Waals surface area contributed by atoms with Crippen molar-refractivity contribution in [2.24, 2.45) is 4.99 Å². The number of likely N-dealkylation sites (N-methyl/N-ethyl adjacent to an activating group) is 1. The zero-order chi connectivity index (χ0) is 21.3. The van der Waals surface area contributed by atoms with E-state index in [9.17, 15) is 4.79 Å². The number of nitrogens with zero attached hydrogens (tertiary/aromatic N) is 2. The maximum Gasteiger partial charge on any atom is 0.407 e. The van der Waals surface area contributed by atoms with Crippen molar-refractivity contribution in [3.05, 3.63) is 0 Å². The van der Waals surface area contributed by atoms with Crippen molar-refractivity contribution >= 4 is 12.1 Å². The van der Waals surface area contributed by atoms with E-state index < -0.39 is 5.60 Å². The minimum atomic E-state index is -0.453. The van der Waals surface area contributed by atoms with Crippen LogP contribution in [0.1, 0.15) is 79.1 Å². The summed E-state index contributed by atoms with van der Waals surface area (Å²) in [7, 11) is 2.23. The third-order valence-electron chi connectivity index (χ3n) is 5.80. The molecule has 0 aromatic rings. The molecule has 0 unspecified atom stereocenters.